The third kappa shape index (κ3) is 5.42. The molecule has 0 atom stereocenters. The van der Waals surface area contributed by atoms with Gasteiger partial charge in [0.05, 0.1) is 6.21 Å². The van der Waals surface area contributed by atoms with Crippen molar-refractivity contribution in [1.82, 2.24) is 4.90 Å². The molecular formula is C20H21F2N3O3. The van der Waals surface area contributed by atoms with Crippen molar-refractivity contribution < 1.29 is 23.1 Å². The highest BCUT2D eigenvalue weighted by atomic mass is 19.3. The summed E-state index contributed by atoms with van der Waals surface area (Å²) in [6.07, 6.45) is 1.25. The monoisotopic (exact) mass is 389 g/mol. The van der Waals surface area contributed by atoms with Crippen LogP contribution in [0.4, 0.5) is 14.5 Å². The number of ether oxygens (including phenoxy) is 1. The van der Waals surface area contributed by atoms with E-state index in [2.05, 4.69) is 14.8 Å². The number of rotatable bonds is 7. The summed E-state index contributed by atoms with van der Waals surface area (Å²) in [5, 5.41) is 3.70. The van der Waals surface area contributed by atoms with Crippen molar-refractivity contribution in [3.8, 4) is 5.75 Å². The number of halogens is 2. The number of alkyl halides is 2. The number of hydrogen-bond acceptors (Lipinski definition) is 5. The van der Waals surface area contributed by atoms with E-state index < -0.39 is 6.61 Å². The van der Waals surface area contributed by atoms with Crippen LogP contribution in [0.2, 0.25) is 0 Å². The maximum absolute atomic E-state index is 12.4. The Morgan fingerprint density at radius 1 is 1.04 bits per heavy atom. The Bertz CT molecular complexity index is 794. The van der Waals surface area contributed by atoms with E-state index in [0.29, 0.717) is 18.7 Å². The Hall–Kier alpha value is -3.16. The predicted molar refractivity (Wildman–Crippen MR) is 102 cm³/mol. The van der Waals surface area contributed by atoms with Crippen molar-refractivity contribution >= 4 is 17.8 Å². The predicted octanol–water partition coefficient (Wildman–Crippen LogP) is 2.99. The first-order chi connectivity index (χ1) is 13.6. The van der Waals surface area contributed by atoms with Crippen LogP contribution in [0.3, 0.4) is 0 Å². The molecule has 2 aromatic carbocycles. The van der Waals surface area contributed by atoms with Crippen molar-refractivity contribution in [1.29, 1.82) is 0 Å². The third-order valence-corrected chi connectivity index (χ3v) is 4.34. The smallest absolute Gasteiger partial charge is 0.387 e. The van der Waals surface area contributed by atoms with E-state index in [-0.39, 0.29) is 18.3 Å². The van der Waals surface area contributed by atoms with E-state index in [1.807, 2.05) is 30.3 Å². The number of benzene rings is 2. The van der Waals surface area contributed by atoms with Gasteiger partial charge in [-0.1, -0.05) is 35.5 Å². The van der Waals surface area contributed by atoms with Gasteiger partial charge in [0.15, 0.2) is 6.61 Å². The maximum atomic E-state index is 12.4. The molecule has 1 aliphatic rings. The Morgan fingerprint density at radius 2 is 1.71 bits per heavy atom. The van der Waals surface area contributed by atoms with Gasteiger partial charge in [-0.2, -0.15) is 8.78 Å². The lowest BCUT2D eigenvalue weighted by molar-refractivity contribution is -0.136. The molecule has 0 aliphatic carbocycles. The average molecular weight is 389 g/mol. The van der Waals surface area contributed by atoms with Gasteiger partial charge in [0, 0.05) is 37.4 Å². The van der Waals surface area contributed by atoms with Gasteiger partial charge >= 0.3 is 6.61 Å². The maximum Gasteiger partial charge on any atom is 0.387 e. The molecule has 6 nitrogen and oxygen atoms in total. The van der Waals surface area contributed by atoms with E-state index in [0.717, 1.165) is 18.8 Å². The molecule has 1 aliphatic heterocycles. The van der Waals surface area contributed by atoms with Gasteiger partial charge in [-0.05, 0) is 24.3 Å². The van der Waals surface area contributed by atoms with Gasteiger partial charge in [-0.25, -0.2) is 0 Å². The van der Waals surface area contributed by atoms with Crippen molar-refractivity contribution in [2.75, 3.05) is 37.7 Å². The summed E-state index contributed by atoms with van der Waals surface area (Å²) in [7, 11) is 0. The van der Waals surface area contributed by atoms with Crippen LogP contribution in [0.25, 0.3) is 0 Å². The number of piperazine rings is 1. The normalized spacial score (nSPS) is 14.5. The molecule has 0 saturated carbocycles. The summed E-state index contributed by atoms with van der Waals surface area (Å²) in [5.74, 6) is -0.171. The van der Waals surface area contributed by atoms with E-state index in [4.69, 9.17) is 4.84 Å². The molecule has 28 heavy (non-hydrogen) atoms. The molecule has 0 radical (unpaired) electrons. The zero-order valence-corrected chi connectivity index (χ0v) is 15.2. The van der Waals surface area contributed by atoms with Crippen LogP contribution in [-0.4, -0.2) is 56.4 Å². The summed E-state index contributed by atoms with van der Waals surface area (Å²) >= 11 is 0. The molecule has 0 N–H and O–H groups in total. The fourth-order valence-corrected chi connectivity index (χ4v) is 2.92. The molecule has 0 unspecified atom stereocenters. The number of carbonyl (C=O) groups is 1. The lowest BCUT2D eigenvalue weighted by Gasteiger charge is -2.35. The van der Waals surface area contributed by atoms with Crippen LogP contribution >= 0.6 is 0 Å². The third-order valence-electron chi connectivity index (χ3n) is 4.34. The van der Waals surface area contributed by atoms with E-state index in [9.17, 15) is 13.6 Å². The number of nitrogens with zero attached hydrogens (tertiary/aromatic N) is 3. The zero-order chi connectivity index (χ0) is 19.8. The Labute approximate surface area is 161 Å². The van der Waals surface area contributed by atoms with E-state index in [1.54, 1.807) is 23.1 Å². The van der Waals surface area contributed by atoms with E-state index >= 15 is 0 Å². The fourth-order valence-electron chi connectivity index (χ4n) is 2.92. The first-order valence-electron chi connectivity index (χ1n) is 8.90. The highest BCUT2D eigenvalue weighted by molar-refractivity contribution is 5.83. The van der Waals surface area contributed by atoms with Crippen molar-refractivity contribution in [3.63, 3.8) is 0 Å². The minimum atomic E-state index is -2.92. The first-order valence-corrected chi connectivity index (χ1v) is 8.90. The Kier molecular flexibility index (Phi) is 6.78. The van der Waals surface area contributed by atoms with Crippen LogP contribution in [0.15, 0.2) is 59.8 Å². The molecule has 0 aromatic heterocycles. The number of anilines is 1. The highest BCUT2D eigenvalue weighted by Gasteiger charge is 2.21. The zero-order valence-electron chi connectivity index (χ0n) is 15.2. The number of hydrogen-bond donors (Lipinski definition) is 0. The summed E-state index contributed by atoms with van der Waals surface area (Å²) < 4.78 is 29.2. The number of para-hydroxylation sites is 2. The molecule has 1 amide bonds. The molecule has 1 saturated heterocycles. The van der Waals surface area contributed by atoms with Gasteiger partial charge in [0.1, 0.15) is 5.75 Å². The number of carbonyl (C=O) groups excluding carboxylic acids is 1. The topological polar surface area (TPSA) is 54.4 Å². The van der Waals surface area contributed by atoms with Crippen LogP contribution in [-0.2, 0) is 9.63 Å². The van der Waals surface area contributed by atoms with Gasteiger partial charge in [-0.3, -0.25) is 4.79 Å². The van der Waals surface area contributed by atoms with Crippen molar-refractivity contribution in [2.24, 2.45) is 5.16 Å². The lowest BCUT2D eigenvalue weighted by atomic mass is 10.2. The summed E-state index contributed by atoms with van der Waals surface area (Å²) in [6.45, 7) is -0.432. The molecule has 3 rings (SSSR count). The van der Waals surface area contributed by atoms with E-state index in [1.165, 1.54) is 12.3 Å². The Morgan fingerprint density at radius 3 is 2.43 bits per heavy atom. The molecule has 148 valence electrons. The van der Waals surface area contributed by atoms with Gasteiger partial charge in [0.25, 0.3) is 5.91 Å². The minimum absolute atomic E-state index is 0.00629. The average Bonchev–Trinajstić information content (AvgIpc) is 2.72. The molecule has 1 heterocycles. The molecule has 2 aromatic rings. The molecule has 1 fully saturated rings. The second-order valence-electron chi connectivity index (χ2n) is 6.13. The molecular weight excluding hydrogens is 368 g/mol. The minimum Gasteiger partial charge on any atom is -0.434 e. The van der Waals surface area contributed by atoms with Gasteiger partial charge in [0.2, 0.25) is 0 Å². The molecule has 8 heteroatoms. The first kappa shape index (κ1) is 19.6. The van der Waals surface area contributed by atoms with Crippen LogP contribution < -0.4 is 9.64 Å². The van der Waals surface area contributed by atoms with Gasteiger partial charge in [-0.15, -0.1) is 0 Å². The lowest BCUT2D eigenvalue weighted by Crippen LogP contribution is -2.49. The SMILES string of the molecule is O=C(CON=Cc1ccccc1OC(F)F)N1CCN(c2ccccc2)CC1. The fraction of sp³-hybridized carbons (Fsp3) is 0.300. The second kappa shape index (κ2) is 9.68. The summed E-state index contributed by atoms with van der Waals surface area (Å²) in [4.78, 5) is 21.2. The van der Waals surface area contributed by atoms with Crippen molar-refractivity contribution in [3.05, 3.63) is 60.2 Å². The van der Waals surface area contributed by atoms with Crippen LogP contribution in [0.5, 0.6) is 5.75 Å². The van der Waals surface area contributed by atoms with Crippen LogP contribution in [0, 0.1) is 0 Å². The molecule has 0 spiro atoms. The van der Waals surface area contributed by atoms with Crippen LogP contribution in [0.1, 0.15) is 5.56 Å². The largest absolute Gasteiger partial charge is 0.434 e. The Balaban J connectivity index is 1.45. The number of amides is 1. The number of oxime groups is 1. The quantitative estimate of drug-likeness (QED) is 0.540. The summed E-state index contributed by atoms with van der Waals surface area (Å²) in [6, 6.07) is 16.3. The van der Waals surface area contributed by atoms with Gasteiger partial charge < -0.3 is 19.4 Å². The van der Waals surface area contributed by atoms with Crippen molar-refractivity contribution in [2.45, 2.75) is 6.61 Å². The summed E-state index contributed by atoms with van der Waals surface area (Å²) in [5.41, 5.74) is 1.48. The highest BCUT2D eigenvalue weighted by Crippen LogP contribution is 2.18. The molecule has 0 bridgehead atoms. The standard InChI is InChI=1S/C20H21F2N3O3/c21-20(22)28-18-9-5-4-6-16(18)14-23-27-15-19(26)25-12-10-24(11-13-25)17-7-2-1-3-8-17/h1-9,14,20H,10-13,15H2. The second-order valence-corrected chi connectivity index (χ2v) is 6.13.